The van der Waals surface area contributed by atoms with Crippen LogP contribution >= 0.6 is 27.5 Å². The van der Waals surface area contributed by atoms with Gasteiger partial charge in [0.15, 0.2) is 0 Å². The van der Waals surface area contributed by atoms with E-state index in [2.05, 4.69) is 153 Å². The number of benzene rings is 6. The first kappa shape index (κ1) is 25.9. The standard InChI is InChI=1S/C36H26BrClN2/c37-29-15-13-14-27(24-29)28-25-34(39(30-16-5-1-6-17-30)31-18-7-2-8-19-31)36(38)35(26-28)40(32-20-9-3-10-21-32)33-22-11-4-12-23-33/h1-26H. The van der Waals surface area contributed by atoms with Crippen molar-refractivity contribution < 1.29 is 0 Å². The largest absolute Gasteiger partial charge is 0.309 e. The summed E-state index contributed by atoms with van der Waals surface area (Å²) in [5, 5.41) is 0.652. The summed E-state index contributed by atoms with van der Waals surface area (Å²) in [6, 6.07) is 54.2. The van der Waals surface area contributed by atoms with Crippen LogP contribution in [0.15, 0.2) is 162 Å². The van der Waals surface area contributed by atoms with Crippen LogP contribution in [0.25, 0.3) is 11.1 Å². The van der Waals surface area contributed by atoms with Gasteiger partial charge in [-0.2, -0.15) is 0 Å². The number of hydrogen-bond acceptors (Lipinski definition) is 2. The molecule has 0 aromatic heterocycles. The molecule has 0 aliphatic carbocycles. The van der Waals surface area contributed by atoms with Crippen LogP contribution in [-0.4, -0.2) is 0 Å². The van der Waals surface area contributed by atoms with Gasteiger partial charge in [-0.1, -0.05) is 112 Å². The molecule has 0 unspecified atom stereocenters. The zero-order valence-electron chi connectivity index (χ0n) is 21.7. The summed E-state index contributed by atoms with van der Waals surface area (Å²) in [5.74, 6) is 0. The molecule has 0 heterocycles. The highest BCUT2D eigenvalue weighted by molar-refractivity contribution is 9.10. The molecule has 6 aromatic rings. The summed E-state index contributed by atoms with van der Waals surface area (Å²) in [6.07, 6.45) is 0. The van der Waals surface area contributed by atoms with Crippen LogP contribution in [0.3, 0.4) is 0 Å². The molecule has 6 rings (SSSR count). The van der Waals surface area contributed by atoms with Crippen LogP contribution in [0.2, 0.25) is 5.02 Å². The molecular formula is C36H26BrClN2. The zero-order chi connectivity index (χ0) is 27.3. The molecule has 4 heteroatoms. The van der Waals surface area contributed by atoms with E-state index < -0.39 is 0 Å². The maximum atomic E-state index is 7.50. The number of nitrogens with zero attached hydrogens (tertiary/aromatic N) is 2. The molecule has 40 heavy (non-hydrogen) atoms. The number of hydrogen-bond donors (Lipinski definition) is 0. The first-order valence-corrected chi connectivity index (χ1v) is 14.3. The predicted octanol–water partition coefficient (Wildman–Crippen LogP) is 11.7. The molecule has 0 radical (unpaired) electrons. The monoisotopic (exact) mass is 600 g/mol. The van der Waals surface area contributed by atoms with Crippen LogP contribution in [-0.2, 0) is 0 Å². The molecule has 0 spiro atoms. The van der Waals surface area contributed by atoms with Gasteiger partial charge in [0.05, 0.1) is 16.4 Å². The summed E-state index contributed by atoms with van der Waals surface area (Å²) in [7, 11) is 0. The SMILES string of the molecule is Clc1c(N(c2ccccc2)c2ccccc2)cc(-c2cccc(Br)c2)cc1N(c1ccccc1)c1ccccc1. The second kappa shape index (κ2) is 11.8. The summed E-state index contributed by atoms with van der Waals surface area (Å²) in [6.45, 7) is 0. The van der Waals surface area contributed by atoms with Gasteiger partial charge in [-0.3, -0.25) is 0 Å². The Balaban J connectivity index is 1.67. The topological polar surface area (TPSA) is 6.48 Å². The molecule has 0 amide bonds. The average Bonchev–Trinajstić information content (AvgIpc) is 3.01. The molecule has 0 saturated heterocycles. The molecule has 194 valence electrons. The Bertz CT molecular complexity index is 1530. The lowest BCUT2D eigenvalue weighted by Gasteiger charge is -2.31. The molecule has 0 aliphatic rings. The fraction of sp³-hybridized carbons (Fsp3) is 0. The van der Waals surface area contributed by atoms with Crippen molar-refractivity contribution in [3.05, 3.63) is 167 Å². The van der Waals surface area contributed by atoms with Crippen LogP contribution in [0.4, 0.5) is 34.1 Å². The van der Waals surface area contributed by atoms with E-state index in [0.29, 0.717) is 5.02 Å². The van der Waals surface area contributed by atoms with E-state index in [1.807, 2.05) is 30.3 Å². The highest BCUT2D eigenvalue weighted by Gasteiger charge is 2.23. The lowest BCUT2D eigenvalue weighted by molar-refractivity contribution is 1.25. The van der Waals surface area contributed by atoms with Gasteiger partial charge in [-0.05, 0) is 83.9 Å². The van der Waals surface area contributed by atoms with Gasteiger partial charge in [-0.25, -0.2) is 0 Å². The van der Waals surface area contributed by atoms with Gasteiger partial charge in [0, 0.05) is 27.2 Å². The summed E-state index contributed by atoms with van der Waals surface area (Å²) in [4.78, 5) is 4.45. The summed E-state index contributed by atoms with van der Waals surface area (Å²) < 4.78 is 1.02. The van der Waals surface area contributed by atoms with Crippen molar-refractivity contribution in [3.8, 4) is 11.1 Å². The van der Waals surface area contributed by atoms with Gasteiger partial charge >= 0.3 is 0 Å². The second-order valence-corrected chi connectivity index (χ2v) is 10.6. The Morgan fingerprint density at radius 1 is 0.400 bits per heavy atom. The lowest BCUT2D eigenvalue weighted by atomic mass is 10.0. The molecule has 0 saturated carbocycles. The van der Waals surface area contributed by atoms with Crippen molar-refractivity contribution in [1.29, 1.82) is 0 Å². The number of rotatable bonds is 7. The molecule has 0 bridgehead atoms. The first-order chi connectivity index (χ1) is 19.7. The van der Waals surface area contributed by atoms with Gasteiger partial charge in [0.2, 0.25) is 0 Å². The van der Waals surface area contributed by atoms with Gasteiger partial charge in [-0.15, -0.1) is 0 Å². The second-order valence-electron chi connectivity index (χ2n) is 9.35. The maximum absolute atomic E-state index is 7.50. The number of halogens is 2. The molecule has 0 N–H and O–H groups in total. The summed E-state index contributed by atoms with van der Waals surface area (Å²) in [5.41, 5.74) is 8.04. The fourth-order valence-electron chi connectivity index (χ4n) is 4.92. The molecular weight excluding hydrogens is 576 g/mol. The summed E-state index contributed by atoms with van der Waals surface area (Å²) >= 11 is 11.2. The van der Waals surface area contributed by atoms with Crippen LogP contribution in [0, 0.1) is 0 Å². The Kier molecular flexibility index (Phi) is 7.67. The third-order valence-corrected chi connectivity index (χ3v) is 7.61. The van der Waals surface area contributed by atoms with Crippen LogP contribution in [0.1, 0.15) is 0 Å². The fourth-order valence-corrected chi connectivity index (χ4v) is 5.59. The quantitative estimate of drug-likeness (QED) is 0.180. The normalized spacial score (nSPS) is 10.8. The third kappa shape index (κ3) is 5.40. The van der Waals surface area contributed by atoms with Crippen LogP contribution < -0.4 is 9.80 Å². The van der Waals surface area contributed by atoms with E-state index in [1.165, 1.54) is 0 Å². The molecule has 2 nitrogen and oxygen atoms in total. The minimum absolute atomic E-state index is 0.652. The predicted molar refractivity (Wildman–Crippen MR) is 174 cm³/mol. The van der Waals surface area contributed by atoms with E-state index in [4.69, 9.17) is 11.6 Å². The molecule has 0 atom stereocenters. The average molecular weight is 602 g/mol. The smallest absolute Gasteiger partial charge is 0.0887 e. The Hall–Kier alpha value is -4.31. The van der Waals surface area contributed by atoms with E-state index in [9.17, 15) is 0 Å². The van der Waals surface area contributed by atoms with Crippen molar-refractivity contribution in [3.63, 3.8) is 0 Å². The maximum Gasteiger partial charge on any atom is 0.0887 e. The molecule has 0 fully saturated rings. The minimum Gasteiger partial charge on any atom is -0.309 e. The van der Waals surface area contributed by atoms with Crippen molar-refractivity contribution in [2.24, 2.45) is 0 Å². The van der Waals surface area contributed by atoms with Crippen molar-refractivity contribution in [2.75, 3.05) is 9.80 Å². The van der Waals surface area contributed by atoms with Crippen molar-refractivity contribution in [1.82, 2.24) is 0 Å². The van der Waals surface area contributed by atoms with E-state index in [0.717, 1.165) is 49.7 Å². The number of para-hydroxylation sites is 4. The highest BCUT2D eigenvalue weighted by Crippen LogP contribution is 2.48. The van der Waals surface area contributed by atoms with Crippen molar-refractivity contribution >= 4 is 61.7 Å². The Morgan fingerprint density at radius 2 is 0.775 bits per heavy atom. The van der Waals surface area contributed by atoms with Gasteiger partial charge < -0.3 is 9.80 Å². The number of anilines is 6. The van der Waals surface area contributed by atoms with Crippen molar-refractivity contribution in [2.45, 2.75) is 0 Å². The highest BCUT2D eigenvalue weighted by atomic mass is 79.9. The van der Waals surface area contributed by atoms with E-state index in [-0.39, 0.29) is 0 Å². The van der Waals surface area contributed by atoms with E-state index >= 15 is 0 Å². The Labute approximate surface area is 248 Å². The first-order valence-electron chi connectivity index (χ1n) is 13.1. The lowest BCUT2D eigenvalue weighted by Crippen LogP contribution is -2.14. The minimum atomic E-state index is 0.652. The Morgan fingerprint density at radius 3 is 1.12 bits per heavy atom. The zero-order valence-corrected chi connectivity index (χ0v) is 24.0. The van der Waals surface area contributed by atoms with Gasteiger partial charge in [0.1, 0.15) is 0 Å². The molecule has 0 aliphatic heterocycles. The molecule has 6 aromatic carbocycles. The van der Waals surface area contributed by atoms with E-state index in [1.54, 1.807) is 0 Å². The van der Waals surface area contributed by atoms with Gasteiger partial charge in [0.25, 0.3) is 0 Å². The third-order valence-electron chi connectivity index (χ3n) is 6.73. The van der Waals surface area contributed by atoms with Crippen LogP contribution in [0.5, 0.6) is 0 Å².